The van der Waals surface area contributed by atoms with Crippen LogP contribution in [0.4, 0.5) is 9.18 Å². The SMILES string of the molecule is CC(C)C(NC(=O)O)C1OC(F)C(OCc2ccccc2)C(OCc2ccccc2)C1OCc1ccccc1. The van der Waals surface area contributed by atoms with Crippen molar-refractivity contribution in [1.29, 1.82) is 0 Å². The van der Waals surface area contributed by atoms with E-state index in [1.807, 2.05) is 105 Å². The van der Waals surface area contributed by atoms with Crippen LogP contribution in [-0.4, -0.2) is 48.0 Å². The van der Waals surface area contributed by atoms with E-state index in [4.69, 9.17) is 18.9 Å². The summed E-state index contributed by atoms with van der Waals surface area (Å²) in [6.07, 6.45) is -6.88. The number of alkyl halides is 1. The minimum Gasteiger partial charge on any atom is -0.465 e. The lowest BCUT2D eigenvalue weighted by Crippen LogP contribution is -2.65. The Bertz CT molecular complexity index is 1130. The zero-order valence-electron chi connectivity index (χ0n) is 22.2. The second-order valence-corrected chi connectivity index (χ2v) is 9.95. The largest absolute Gasteiger partial charge is 0.465 e. The van der Waals surface area contributed by atoms with Crippen molar-refractivity contribution in [2.75, 3.05) is 0 Å². The van der Waals surface area contributed by atoms with Crippen LogP contribution in [0.15, 0.2) is 91.0 Å². The molecule has 1 aliphatic heterocycles. The summed E-state index contributed by atoms with van der Waals surface area (Å²) in [6, 6.07) is 27.9. The first-order chi connectivity index (χ1) is 18.9. The summed E-state index contributed by atoms with van der Waals surface area (Å²) in [5.41, 5.74) is 2.70. The van der Waals surface area contributed by atoms with Gasteiger partial charge in [0.05, 0.1) is 25.9 Å². The first-order valence-corrected chi connectivity index (χ1v) is 13.2. The van der Waals surface area contributed by atoms with Gasteiger partial charge in [0.15, 0.2) is 0 Å². The molecule has 3 aromatic rings. The maximum atomic E-state index is 15.8. The number of nitrogens with one attached hydrogen (secondary N) is 1. The van der Waals surface area contributed by atoms with E-state index in [1.165, 1.54) is 0 Å². The van der Waals surface area contributed by atoms with Crippen molar-refractivity contribution in [3.8, 4) is 0 Å². The van der Waals surface area contributed by atoms with Crippen molar-refractivity contribution < 1.29 is 33.2 Å². The second-order valence-electron chi connectivity index (χ2n) is 9.95. The molecular formula is C31H36FNO6. The topological polar surface area (TPSA) is 86.3 Å². The molecule has 208 valence electrons. The van der Waals surface area contributed by atoms with Gasteiger partial charge in [-0.05, 0) is 22.6 Å². The summed E-state index contributed by atoms with van der Waals surface area (Å²) in [5, 5.41) is 12.1. The van der Waals surface area contributed by atoms with E-state index in [0.717, 1.165) is 16.7 Å². The number of ether oxygens (including phenoxy) is 4. The van der Waals surface area contributed by atoms with Crippen LogP contribution in [0, 0.1) is 5.92 Å². The lowest BCUT2D eigenvalue weighted by Gasteiger charge is -2.46. The van der Waals surface area contributed by atoms with Crippen LogP contribution >= 0.6 is 0 Å². The lowest BCUT2D eigenvalue weighted by atomic mass is 9.88. The Morgan fingerprint density at radius 1 is 0.769 bits per heavy atom. The molecule has 0 aliphatic carbocycles. The molecule has 1 saturated heterocycles. The van der Waals surface area contributed by atoms with Crippen LogP contribution in [0.1, 0.15) is 30.5 Å². The van der Waals surface area contributed by atoms with Crippen LogP contribution in [0.3, 0.4) is 0 Å². The predicted octanol–water partition coefficient (Wildman–Crippen LogP) is 5.73. The number of halogens is 1. The third-order valence-corrected chi connectivity index (χ3v) is 6.73. The van der Waals surface area contributed by atoms with E-state index in [9.17, 15) is 9.90 Å². The first-order valence-electron chi connectivity index (χ1n) is 13.2. The average Bonchev–Trinajstić information content (AvgIpc) is 2.94. The Labute approximate surface area is 228 Å². The molecule has 1 fully saturated rings. The van der Waals surface area contributed by atoms with E-state index in [1.54, 1.807) is 0 Å². The normalized spacial score (nSPS) is 23.8. The van der Waals surface area contributed by atoms with E-state index in [-0.39, 0.29) is 25.7 Å². The molecule has 8 heteroatoms. The van der Waals surface area contributed by atoms with Gasteiger partial charge in [0.2, 0.25) is 6.36 Å². The van der Waals surface area contributed by atoms with Crippen molar-refractivity contribution in [3.63, 3.8) is 0 Å². The fourth-order valence-corrected chi connectivity index (χ4v) is 4.74. The van der Waals surface area contributed by atoms with E-state index in [0.29, 0.717) is 0 Å². The van der Waals surface area contributed by atoms with Crippen LogP contribution in [-0.2, 0) is 38.8 Å². The van der Waals surface area contributed by atoms with Crippen molar-refractivity contribution in [3.05, 3.63) is 108 Å². The molecule has 1 aliphatic rings. The molecule has 0 radical (unpaired) electrons. The van der Waals surface area contributed by atoms with Crippen LogP contribution in [0.25, 0.3) is 0 Å². The Kier molecular flexibility index (Phi) is 10.4. The number of rotatable bonds is 12. The highest BCUT2D eigenvalue weighted by atomic mass is 19.1. The smallest absolute Gasteiger partial charge is 0.404 e. The molecule has 6 unspecified atom stereocenters. The molecule has 0 bridgehead atoms. The maximum absolute atomic E-state index is 15.8. The van der Waals surface area contributed by atoms with E-state index < -0.39 is 42.9 Å². The van der Waals surface area contributed by atoms with Gasteiger partial charge in [-0.3, -0.25) is 0 Å². The van der Waals surface area contributed by atoms with Crippen molar-refractivity contribution in [2.45, 2.75) is 70.5 Å². The number of amides is 1. The van der Waals surface area contributed by atoms with Gasteiger partial charge in [-0.2, -0.15) is 0 Å². The fourth-order valence-electron chi connectivity index (χ4n) is 4.74. The lowest BCUT2D eigenvalue weighted by molar-refractivity contribution is -0.298. The molecule has 0 saturated carbocycles. The summed E-state index contributed by atoms with van der Waals surface area (Å²) >= 11 is 0. The minimum absolute atomic E-state index is 0.150. The number of benzene rings is 3. The molecule has 0 spiro atoms. The van der Waals surface area contributed by atoms with E-state index >= 15 is 4.39 Å². The third-order valence-electron chi connectivity index (χ3n) is 6.73. The summed E-state index contributed by atoms with van der Waals surface area (Å²) in [4.78, 5) is 11.7. The second kappa shape index (κ2) is 14.2. The summed E-state index contributed by atoms with van der Waals surface area (Å²) in [6.45, 7) is 4.25. The van der Waals surface area contributed by atoms with Crippen LogP contribution in [0.5, 0.6) is 0 Å². The number of carbonyl (C=O) groups is 1. The zero-order valence-corrected chi connectivity index (χ0v) is 22.2. The van der Waals surface area contributed by atoms with Gasteiger partial charge < -0.3 is 29.4 Å². The van der Waals surface area contributed by atoms with Gasteiger partial charge in [0.25, 0.3) is 0 Å². The highest BCUT2D eigenvalue weighted by Gasteiger charge is 2.52. The molecule has 39 heavy (non-hydrogen) atoms. The van der Waals surface area contributed by atoms with Crippen molar-refractivity contribution in [1.82, 2.24) is 5.32 Å². The van der Waals surface area contributed by atoms with Crippen LogP contribution in [0.2, 0.25) is 0 Å². The number of hydrogen-bond acceptors (Lipinski definition) is 5. The van der Waals surface area contributed by atoms with Crippen molar-refractivity contribution >= 4 is 6.09 Å². The van der Waals surface area contributed by atoms with E-state index in [2.05, 4.69) is 5.32 Å². The molecule has 1 amide bonds. The molecular weight excluding hydrogens is 501 g/mol. The van der Waals surface area contributed by atoms with Gasteiger partial charge >= 0.3 is 6.09 Å². The molecule has 4 rings (SSSR count). The Hall–Kier alpha value is -3.30. The Morgan fingerprint density at radius 2 is 1.18 bits per heavy atom. The Morgan fingerprint density at radius 3 is 1.59 bits per heavy atom. The van der Waals surface area contributed by atoms with Gasteiger partial charge in [-0.1, -0.05) is 105 Å². The predicted molar refractivity (Wildman–Crippen MR) is 145 cm³/mol. The number of carboxylic acid groups (broad SMARTS) is 1. The first kappa shape index (κ1) is 28.7. The average molecular weight is 538 g/mol. The Balaban J connectivity index is 1.65. The minimum atomic E-state index is -1.87. The molecule has 3 aromatic carbocycles. The standard InChI is InChI=1S/C31H36FNO6/c1-21(2)25(33-31(34)35)26-27(36-18-22-12-6-3-7-13-22)28(37-19-23-14-8-4-9-15-23)29(30(32)39-26)38-20-24-16-10-5-11-17-24/h3-17,21,25-30,33H,18-20H2,1-2H3,(H,34,35). The monoisotopic (exact) mass is 537 g/mol. The highest BCUT2D eigenvalue weighted by Crippen LogP contribution is 2.34. The quantitative estimate of drug-likeness (QED) is 0.307. The molecule has 0 aromatic heterocycles. The molecule has 6 atom stereocenters. The summed E-state index contributed by atoms with van der Waals surface area (Å²) in [5.74, 6) is -0.210. The maximum Gasteiger partial charge on any atom is 0.404 e. The van der Waals surface area contributed by atoms with Crippen LogP contribution < -0.4 is 5.32 Å². The van der Waals surface area contributed by atoms with Gasteiger partial charge in [0, 0.05) is 0 Å². The summed E-state index contributed by atoms with van der Waals surface area (Å²) in [7, 11) is 0. The van der Waals surface area contributed by atoms with Crippen molar-refractivity contribution in [2.24, 2.45) is 5.92 Å². The molecule has 2 N–H and O–H groups in total. The number of hydrogen-bond donors (Lipinski definition) is 2. The van der Waals surface area contributed by atoms with Gasteiger partial charge in [-0.15, -0.1) is 0 Å². The van der Waals surface area contributed by atoms with Gasteiger partial charge in [0.1, 0.15) is 24.4 Å². The fraction of sp³-hybridized carbons (Fsp3) is 0.387. The molecule has 7 nitrogen and oxygen atoms in total. The zero-order chi connectivity index (χ0) is 27.6. The van der Waals surface area contributed by atoms with Gasteiger partial charge in [-0.25, -0.2) is 9.18 Å². The highest BCUT2D eigenvalue weighted by molar-refractivity contribution is 5.65. The molecule has 1 heterocycles. The third kappa shape index (κ3) is 8.10. The summed E-state index contributed by atoms with van der Waals surface area (Å²) < 4.78 is 40.5.